The van der Waals surface area contributed by atoms with Crippen LogP contribution in [0.3, 0.4) is 0 Å². The van der Waals surface area contributed by atoms with Crippen LogP contribution in [0.4, 0.5) is 20.2 Å². The molecule has 0 aliphatic heterocycles. The predicted molar refractivity (Wildman–Crippen MR) is 85.9 cm³/mol. The van der Waals surface area contributed by atoms with Gasteiger partial charge in [-0.2, -0.15) is 0 Å². The number of H-pyrrole nitrogens is 1. The van der Waals surface area contributed by atoms with Gasteiger partial charge in [0.25, 0.3) is 0 Å². The first kappa shape index (κ1) is 15.0. The average Bonchev–Trinajstić information content (AvgIpc) is 2.85. The molecule has 0 spiro atoms. The first-order chi connectivity index (χ1) is 11.2. The maximum Gasteiger partial charge on any atom is 0.218 e. The van der Waals surface area contributed by atoms with Gasteiger partial charge in [0, 0.05) is 16.7 Å². The van der Waals surface area contributed by atoms with Crippen molar-refractivity contribution in [2.75, 3.05) is 4.72 Å². The molecule has 0 unspecified atom stereocenters. The molecule has 0 radical (unpaired) electrons. The van der Waals surface area contributed by atoms with Gasteiger partial charge in [-0.25, -0.2) is 8.78 Å². The number of benzene rings is 2. The largest absolute Gasteiger partial charge is 0.493 e. The average molecular weight is 332 g/mol. The van der Waals surface area contributed by atoms with E-state index < -0.39 is 11.6 Å². The number of rotatable bonds is 2. The smallest absolute Gasteiger partial charge is 0.218 e. The van der Waals surface area contributed by atoms with Crippen molar-refractivity contribution in [1.82, 2.24) is 4.98 Å². The van der Waals surface area contributed by atoms with Crippen molar-refractivity contribution in [3.63, 3.8) is 0 Å². The number of anilines is 1. The lowest BCUT2D eigenvalue weighted by molar-refractivity contribution is 0.459. The van der Waals surface area contributed by atoms with Crippen LogP contribution < -0.4 is 4.72 Å². The summed E-state index contributed by atoms with van der Waals surface area (Å²) >= 11 is 0.736. The molecule has 0 bridgehead atoms. The number of hydrogen-bond donors (Lipinski definition) is 3. The maximum absolute atomic E-state index is 13.4. The van der Waals surface area contributed by atoms with Crippen molar-refractivity contribution in [2.24, 2.45) is 10.2 Å². The zero-order valence-electron chi connectivity index (χ0n) is 11.5. The number of aromatic nitrogens is 1. The Labute approximate surface area is 133 Å². The van der Waals surface area contributed by atoms with Gasteiger partial charge in [0.2, 0.25) is 5.88 Å². The summed E-state index contributed by atoms with van der Waals surface area (Å²) in [5, 5.41) is 20.4. The maximum atomic E-state index is 13.4. The number of nitrogens with zero attached hydrogens (tertiary/aromatic N) is 2. The zero-order valence-corrected chi connectivity index (χ0v) is 12.4. The van der Waals surface area contributed by atoms with E-state index in [0.717, 1.165) is 29.0 Å². The lowest BCUT2D eigenvalue weighted by Crippen LogP contribution is -1.91. The Balaban J connectivity index is 1.78. The van der Waals surface area contributed by atoms with Crippen molar-refractivity contribution < 1.29 is 13.9 Å². The molecule has 3 N–H and O–H groups in total. The molecule has 1 heterocycles. The fourth-order valence-corrected chi connectivity index (χ4v) is 2.40. The van der Waals surface area contributed by atoms with E-state index in [1.807, 2.05) is 6.07 Å². The number of azo groups is 1. The molecule has 3 rings (SSSR count). The minimum absolute atomic E-state index is 0.116. The Morgan fingerprint density at radius 1 is 1.09 bits per heavy atom. The van der Waals surface area contributed by atoms with Crippen LogP contribution in [0.25, 0.3) is 10.9 Å². The summed E-state index contributed by atoms with van der Waals surface area (Å²) in [7, 11) is 0. The van der Waals surface area contributed by atoms with Crippen LogP contribution >= 0.6 is 11.4 Å². The van der Waals surface area contributed by atoms with E-state index in [-0.39, 0.29) is 17.3 Å². The Hall–Kier alpha value is -2.96. The van der Waals surface area contributed by atoms with Gasteiger partial charge in [0.15, 0.2) is 5.69 Å². The molecule has 1 aromatic heterocycles. The van der Waals surface area contributed by atoms with Gasteiger partial charge in [-0.1, -0.05) is 29.4 Å². The number of fused-ring (bicyclic) bond motifs is 1. The summed E-state index contributed by atoms with van der Waals surface area (Å²) in [4.78, 5) is 2.76. The van der Waals surface area contributed by atoms with Gasteiger partial charge in [-0.15, -0.1) is 5.11 Å². The molecule has 0 saturated heterocycles. The van der Waals surface area contributed by atoms with Crippen molar-refractivity contribution in [3.05, 3.63) is 54.1 Å². The van der Waals surface area contributed by atoms with Gasteiger partial charge in [-0.3, -0.25) is 4.72 Å². The molecule has 0 amide bonds. The fraction of sp³-hybridized carbons (Fsp3) is 0. The summed E-state index contributed by atoms with van der Waals surface area (Å²) in [5.41, 5.74) is 0.707. The highest BCUT2D eigenvalue weighted by atomic mass is 32.1. The van der Waals surface area contributed by atoms with E-state index in [1.165, 1.54) is 6.07 Å². The first-order valence-corrected chi connectivity index (χ1v) is 7.29. The highest BCUT2D eigenvalue weighted by Gasteiger charge is 2.09. The van der Waals surface area contributed by atoms with Gasteiger partial charge >= 0.3 is 0 Å². The van der Waals surface area contributed by atoms with E-state index in [4.69, 9.17) is 0 Å². The fourth-order valence-electron chi connectivity index (χ4n) is 1.97. The molecule has 0 atom stereocenters. The second-order valence-electron chi connectivity index (χ2n) is 4.46. The minimum Gasteiger partial charge on any atom is -0.493 e. The topological polar surface area (TPSA) is 72.8 Å². The second kappa shape index (κ2) is 6.43. The van der Waals surface area contributed by atoms with Gasteiger partial charge in [0.1, 0.15) is 17.3 Å². The van der Waals surface area contributed by atoms with Gasteiger partial charge in [-0.05, 0) is 18.2 Å². The van der Waals surface area contributed by atoms with Crippen LogP contribution in [0.15, 0.2) is 52.7 Å². The van der Waals surface area contributed by atoms with Crippen LogP contribution in [-0.2, 0) is 0 Å². The summed E-state index contributed by atoms with van der Waals surface area (Å²) in [6.07, 6.45) is 0. The van der Waals surface area contributed by atoms with Crippen molar-refractivity contribution in [2.45, 2.75) is 0 Å². The van der Waals surface area contributed by atoms with Crippen LogP contribution in [-0.4, -0.2) is 10.1 Å². The van der Waals surface area contributed by atoms with E-state index >= 15 is 0 Å². The van der Waals surface area contributed by atoms with E-state index in [9.17, 15) is 13.9 Å². The molecule has 0 aliphatic rings. The second-order valence-corrected chi connectivity index (χ2v) is 5.05. The third-order valence-electron chi connectivity index (χ3n) is 3.01. The quantitative estimate of drug-likeness (QED) is 0.461. The molecule has 23 heavy (non-hydrogen) atoms. The molecular weight excluding hydrogens is 322 g/mol. The number of para-hydroxylation sites is 2. The lowest BCUT2D eigenvalue weighted by Gasteiger charge is -2.00. The molecule has 116 valence electrons. The molecule has 3 aromatic rings. The SMILES string of the molecule is Oc1[nH]c2ccccc2c1N=NC#SNc1c(F)cccc1F. The number of nitrogens with one attached hydrogen (secondary N) is 2. The summed E-state index contributed by atoms with van der Waals surface area (Å²) in [6, 6.07) is 10.7. The molecule has 5 nitrogen and oxygen atoms in total. The summed E-state index contributed by atoms with van der Waals surface area (Å²) in [6.45, 7) is 0. The summed E-state index contributed by atoms with van der Waals surface area (Å²) < 4.78 is 29.2. The van der Waals surface area contributed by atoms with Crippen LogP contribution in [0, 0.1) is 16.9 Å². The predicted octanol–water partition coefficient (Wildman–Crippen LogP) is 4.91. The van der Waals surface area contributed by atoms with Crippen molar-refractivity contribution >= 4 is 33.6 Å². The monoisotopic (exact) mass is 332 g/mol. The molecule has 0 aliphatic carbocycles. The van der Waals surface area contributed by atoms with Crippen LogP contribution in [0.5, 0.6) is 5.88 Å². The zero-order chi connectivity index (χ0) is 16.2. The van der Waals surface area contributed by atoms with Crippen LogP contribution in [0.1, 0.15) is 0 Å². The standard InChI is InChI=1S/C15H10F2N4OS/c16-10-5-3-6-11(17)14(10)21-23-8-18-20-13-9-4-1-2-7-12(9)19-15(13)22/h1-7,19,21-22H. The highest BCUT2D eigenvalue weighted by Crippen LogP contribution is 2.35. The molecule has 8 heteroatoms. The Kier molecular flexibility index (Phi) is 4.18. The van der Waals surface area contributed by atoms with E-state index in [1.54, 1.807) is 18.2 Å². The van der Waals surface area contributed by atoms with E-state index in [2.05, 4.69) is 25.2 Å². The van der Waals surface area contributed by atoms with Gasteiger partial charge in [0.05, 0.1) is 10.8 Å². The number of aromatic amines is 1. The van der Waals surface area contributed by atoms with Crippen molar-refractivity contribution in [1.29, 1.82) is 0 Å². The molecule has 0 fully saturated rings. The Morgan fingerprint density at radius 3 is 2.61 bits per heavy atom. The minimum atomic E-state index is -0.717. The number of halogens is 2. The highest BCUT2D eigenvalue weighted by molar-refractivity contribution is 7.90. The molecule has 2 aromatic carbocycles. The van der Waals surface area contributed by atoms with Crippen LogP contribution in [0.2, 0.25) is 0 Å². The Bertz CT molecular complexity index is 939. The van der Waals surface area contributed by atoms with E-state index in [0.29, 0.717) is 5.39 Å². The normalized spacial score (nSPS) is 10.9. The Morgan fingerprint density at radius 2 is 1.83 bits per heavy atom. The first-order valence-electron chi connectivity index (χ1n) is 6.48. The van der Waals surface area contributed by atoms with Crippen molar-refractivity contribution in [3.8, 4) is 11.2 Å². The summed E-state index contributed by atoms with van der Waals surface area (Å²) in [5.74, 6) is -1.55. The van der Waals surface area contributed by atoms with Gasteiger partial charge < -0.3 is 10.1 Å². The lowest BCUT2D eigenvalue weighted by atomic mass is 10.2. The molecular formula is C15H10F2N4OS. The number of aromatic hydroxyl groups is 1. The number of hydrogen-bond acceptors (Lipinski definition) is 4. The molecule has 0 saturated carbocycles. The third-order valence-corrected chi connectivity index (χ3v) is 3.49. The third kappa shape index (κ3) is 3.13.